The van der Waals surface area contributed by atoms with Crippen molar-refractivity contribution in [3.05, 3.63) is 59.7 Å². The second-order valence-electron chi connectivity index (χ2n) is 5.27. The Morgan fingerprint density at radius 2 is 1.96 bits per heavy atom. The van der Waals surface area contributed by atoms with Gasteiger partial charge in [0, 0.05) is 5.75 Å². The predicted molar refractivity (Wildman–Crippen MR) is 97.0 cm³/mol. The number of thioether (sulfide) groups is 1. The highest BCUT2D eigenvalue weighted by atomic mass is 32.2. The number of amides is 1. The van der Waals surface area contributed by atoms with E-state index in [1.807, 2.05) is 43.3 Å². The van der Waals surface area contributed by atoms with E-state index in [2.05, 4.69) is 5.32 Å². The fraction of sp³-hybridized carbons (Fsp3) is 0.278. The van der Waals surface area contributed by atoms with Gasteiger partial charge in [-0.05, 0) is 35.4 Å². The third kappa shape index (κ3) is 5.30. The van der Waals surface area contributed by atoms with Gasteiger partial charge >= 0.3 is 0 Å². The van der Waals surface area contributed by atoms with Gasteiger partial charge in [0.2, 0.25) is 5.91 Å². The lowest BCUT2D eigenvalue weighted by atomic mass is 10.0. The quantitative estimate of drug-likeness (QED) is 0.682. The van der Waals surface area contributed by atoms with E-state index in [1.54, 1.807) is 23.9 Å². The summed E-state index contributed by atoms with van der Waals surface area (Å²) in [6.45, 7) is 2.02. The molecule has 2 aromatic rings. The molecule has 1 amide bonds. The minimum absolute atomic E-state index is 0.0468. The van der Waals surface area contributed by atoms with Crippen LogP contribution in [0, 0.1) is 0 Å². The summed E-state index contributed by atoms with van der Waals surface area (Å²) in [5.41, 5.74) is 8.44. The molecule has 4 N–H and O–H groups in total. The first kappa shape index (κ1) is 17.4. The average molecular weight is 330 g/mol. The Balaban J connectivity index is 2.07. The summed E-state index contributed by atoms with van der Waals surface area (Å²) in [6, 6.07) is 14.7. The highest BCUT2D eigenvalue weighted by molar-refractivity contribution is 7.99. The second-order valence-corrected chi connectivity index (χ2v) is 6.59. The van der Waals surface area contributed by atoms with Crippen molar-refractivity contribution in [1.82, 2.24) is 0 Å². The van der Waals surface area contributed by atoms with E-state index in [0.717, 1.165) is 17.7 Å². The molecular weight excluding hydrogens is 308 g/mol. The molecule has 0 aliphatic carbocycles. The van der Waals surface area contributed by atoms with Gasteiger partial charge in [0.25, 0.3) is 0 Å². The highest BCUT2D eigenvalue weighted by Gasteiger charge is 2.15. The SMILES string of the molecule is CCSC[C@H](N)C(=O)Nc1cc(Cc2ccccc2)ccc1O. The number of nitrogens with one attached hydrogen (secondary N) is 1. The first-order valence-electron chi connectivity index (χ1n) is 7.60. The lowest BCUT2D eigenvalue weighted by Crippen LogP contribution is -2.37. The molecule has 0 heterocycles. The van der Waals surface area contributed by atoms with E-state index in [-0.39, 0.29) is 11.7 Å². The van der Waals surface area contributed by atoms with Crippen LogP contribution in [0.15, 0.2) is 48.5 Å². The van der Waals surface area contributed by atoms with Crippen LogP contribution in [-0.2, 0) is 11.2 Å². The van der Waals surface area contributed by atoms with Gasteiger partial charge in [-0.3, -0.25) is 4.79 Å². The minimum atomic E-state index is -0.586. The second kappa shape index (κ2) is 8.60. The molecule has 0 bridgehead atoms. The van der Waals surface area contributed by atoms with Gasteiger partial charge in [0.1, 0.15) is 5.75 Å². The fourth-order valence-electron chi connectivity index (χ4n) is 2.17. The molecule has 0 fully saturated rings. The summed E-state index contributed by atoms with van der Waals surface area (Å²) in [5, 5.41) is 12.7. The molecule has 122 valence electrons. The summed E-state index contributed by atoms with van der Waals surface area (Å²) in [6.07, 6.45) is 0.738. The first-order chi connectivity index (χ1) is 11.1. The zero-order valence-corrected chi connectivity index (χ0v) is 14.0. The van der Waals surface area contributed by atoms with Crippen molar-refractivity contribution in [2.75, 3.05) is 16.8 Å². The third-order valence-corrected chi connectivity index (χ3v) is 4.41. The van der Waals surface area contributed by atoms with E-state index < -0.39 is 6.04 Å². The van der Waals surface area contributed by atoms with Crippen LogP contribution < -0.4 is 11.1 Å². The summed E-state index contributed by atoms with van der Waals surface area (Å²) in [5.74, 6) is 1.25. The number of carbonyl (C=O) groups excluding carboxylic acids is 1. The number of benzene rings is 2. The molecule has 2 aromatic carbocycles. The monoisotopic (exact) mass is 330 g/mol. The van der Waals surface area contributed by atoms with Crippen LogP contribution in [0.5, 0.6) is 5.75 Å². The van der Waals surface area contributed by atoms with Gasteiger partial charge in [-0.1, -0.05) is 43.3 Å². The maximum Gasteiger partial charge on any atom is 0.242 e. The van der Waals surface area contributed by atoms with E-state index >= 15 is 0 Å². The van der Waals surface area contributed by atoms with Gasteiger partial charge in [0.05, 0.1) is 11.7 Å². The maximum atomic E-state index is 12.1. The highest BCUT2D eigenvalue weighted by Crippen LogP contribution is 2.25. The number of anilines is 1. The zero-order valence-electron chi connectivity index (χ0n) is 13.2. The van der Waals surface area contributed by atoms with Crippen LogP contribution in [0.2, 0.25) is 0 Å². The van der Waals surface area contributed by atoms with Crippen molar-refractivity contribution >= 4 is 23.4 Å². The van der Waals surface area contributed by atoms with Crippen LogP contribution in [0.25, 0.3) is 0 Å². The van der Waals surface area contributed by atoms with E-state index in [0.29, 0.717) is 11.4 Å². The molecule has 2 rings (SSSR count). The minimum Gasteiger partial charge on any atom is -0.506 e. The normalized spacial score (nSPS) is 11.9. The predicted octanol–water partition coefficient (Wildman–Crippen LogP) is 3.00. The summed E-state index contributed by atoms with van der Waals surface area (Å²) in [7, 11) is 0. The third-order valence-electron chi connectivity index (χ3n) is 3.41. The molecule has 0 aliphatic heterocycles. The maximum absolute atomic E-state index is 12.1. The topological polar surface area (TPSA) is 75.4 Å². The average Bonchev–Trinajstić information content (AvgIpc) is 2.56. The van der Waals surface area contributed by atoms with Crippen molar-refractivity contribution in [2.24, 2.45) is 5.73 Å². The van der Waals surface area contributed by atoms with Gasteiger partial charge in [-0.25, -0.2) is 0 Å². The zero-order chi connectivity index (χ0) is 16.7. The van der Waals surface area contributed by atoms with Gasteiger partial charge < -0.3 is 16.2 Å². The Morgan fingerprint density at radius 1 is 1.22 bits per heavy atom. The van der Waals surface area contributed by atoms with E-state index in [9.17, 15) is 9.90 Å². The largest absolute Gasteiger partial charge is 0.506 e. The number of hydrogen-bond acceptors (Lipinski definition) is 4. The Labute approximate surface area is 141 Å². The van der Waals surface area contributed by atoms with Gasteiger partial charge in [-0.2, -0.15) is 11.8 Å². The molecule has 0 aromatic heterocycles. The van der Waals surface area contributed by atoms with E-state index in [1.165, 1.54) is 5.56 Å². The number of rotatable bonds is 7. The molecule has 4 nitrogen and oxygen atoms in total. The molecular formula is C18H22N2O2S. The smallest absolute Gasteiger partial charge is 0.242 e. The number of carbonyl (C=O) groups is 1. The number of aromatic hydroxyl groups is 1. The lowest BCUT2D eigenvalue weighted by Gasteiger charge is -2.13. The van der Waals surface area contributed by atoms with Crippen molar-refractivity contribution in [2.45, 2.75) is 19.4 Å². The van der Waals surface area contributed by atoms with Gasteiger partial charge in [-0.15, -0.1) is 0 Å². The molecule has 0 saturated heterocycles. The molecule has 23 heavy (non-hydrogen) atoms. The van der Waals surface area contributed by atoms with Crippen LogP contribution in [-0.4, -0.2) is 28.6 Å². The van der Waals surface area contributed by atoms with Gasteiger partial charge in [0.15, 0.2) is 0 Å². The van der Waals surface area contributed by atoms with Crippen molar-refractivity contribution < 1.29 is 9.90 Å². The Bertz CT molecular complexity index is 647. The van der Waals surface area contributed by atoms with Crippen molar-refractivity contribution in [3.8, 4) is 5.75 Å². The lowest BCUT2D eigenvalue weighted by molar-refractivity contribution is -0.116. The Morgan fingerprint density at radius 3 is 2.65 bits per heavy atom. The molecule has 0 unspecified atom stereocenters. The molecule has 0 spiro atoms. The first-order valence-corrected chi connectivity index (χ1v) is 8.75. The molecule has 1 atom stereocenters. The van der Waals surface area contributed by atoms with Crippen LogP contribution in [0.4, 0.5) is 5.69 Å². The Kier molecular flexibility index (Phi) is 6.50. The summed E-state index contributed by atoms with van der Waals surface area (Å²) >= 11 is 1.62. The van der Waals surface area contributed by atoms with Crippen molar-refractivity contribution in [3.63, 3.8) is 0 Å². The summed E-state index contributed by atoms with van der Waals surface area (Å²) < 4.78 is 0. The van der Waals surface area contributed by atoms with Crippen LogP contribution >= 0.6 is 11.8 Å². The van der Waals surface area contributed by atoms with Crippen LogP contribution in [0.3, 0.4) is 0 Å². The number of nitrogens with two attached hydrogens (primary N) is 1. The number of phenolic OH excluding ortho intramolecular Hbond substituents is 1. The fourth-order valence-corrected chi connectivity index (χ4v) is 2.81. The standard InChI is InChI=1S/C18H22N2O2S/c1-2-23-12-15(19)18(22)20-16-11-14(8-9-17(16)21)10-13-6-4-3-5-7-13/h3-9,11,15,21H,2,10,12,19H2,1H3,(H,20,22)/t15-/m0/s1. The molecule has 0 aliphatic rings. The molecule has 5 heteroatoms. The van der Waals surface area contributed by atoms with E-state index in [4.69, 9.17) is 5.73 Å². The molecule has 0 saturated carbocycles. The van der Waals surface area contributed by atoms with Crippen LogP contribution in [0.1, 0.15) is 18.1 Å². The summed E-state index contributed by atoms with van der Waals surface area (Å²) in [4.78, 5) is 12.1. The number of phenols is 1. The molecule has 0 radical (unpaired) electrons. The van der Waals surface area contributed by atoms with Crippen molar-refractivity contribution in [1.29, 1.82) is 0 Å². The Hall–Kier alpha value is -1.98. The number of hydrogen-bond donors (Lipinski definition) is 3.